The molecule has 20 heavy (non-hydrogen) atoms. The van der Waals surface area contributed by atoms with Crippen LogP contribution in [-0.4, -0.2) is 11.3 Å². The van der Waals surface area contributed by atoms with Gasteiger partial charge in [0.1, 0.15) is 5.75 Å². The number of aryl methyl sites for hydroxylation is 1. The number of anilines is 1. The number of hydrogen-bond donors (Lipinski definition) is 1. The molecule has 3 nitrogen and oxygen atoms in total. The number of aromatic nitrogens is 1. The Morgan fingerprint density at radius 3 is 2.35 bits per heavy atom. The molecule has 0 aliphatic rings. The van der Waals surface area contributed by atoms with Crippen LogP contribution in [0.3, 0.4) is 0 Å². The van der Waals surface area contributed by atoms with Crippen LogP contribution in [-0.2, 0) is 6.54 Å². The summed E-state index contributed by atoms with van der Waals surface area (Å²) in [6.45, 7) is 2.45. The van der Waals surface area contributed by atoms with Crippen molar-refractivity contribution in [3.8, 4) is 5.75 Å². The second-order valence-electron chi connectivity index (χ2n) is 4.23. The molecule has 1 aromatic carbocycles. The third-order valence-corrected chi connectivity index (χ3v) is 2.56. The van der Waals surface area contributed by atoms with Gasteiger partial charge in [0.15, 0.2) is 0 Å². The Morgan fingerprint density at radius 1 is 1.10 bits per heavy atom. The number of pyridine rings is 1. The van der Waals surface area contributed by atoms with Gasteiger partial charge in [-0.05, 0) is 42.8 Å². The van der Waals surface area contributed by atoms with Gasteiger partial charge in [-0.15, -0.1) is 13.2 Å². The molecule has 6 heteroatoms. The van der Waals surface area contributed by atoms with Crippen LogP contribution in [0.4, 0.5) is 18.9 Å². The molecular formula is C14H13F3N2O. The van der Waals surface area contributed by atoms with Gasteiger partial charge in [0.2, 0.25) is 0 Å². The quantitative estimate of drug-likeness (QED) is 0.923. The molecule has 106 valence electrons. The fraction of sp³-hybridized carbons (Fsp3) is 0.214. The molecule has 0 saturated carbocycles. The Kier molecular flexibility index (Phi) is 4.12. The summed E-state index contributed by atoms with van der Waals surface area (Å²) in [5.74, 6) is -0.236. The normalized spacial score (nSPS) is 11.2. The largest absolute Gasteiger partial charge is 0.573 e. The zero-order valence-corrected chi connectivity index (χ0v) is 10.7. The van der Waals surface area contributed by atoms with Crippen LogP contribution in [0.1, 0.15) is 11.3 Å². The van der Waals surface area contributed by atoms with Crippen LogP contribution in [0.15, 0.2) is 42.6 Å². The molecule has 0 atom stereocenters. The van der Waals surface area contributed by atoms with Crippen molar-refractivity contribution in [2.75, 3.05) is 5.32 Å². The minimum absolute atomic E-state index is 0.236. The molecule has 0 fully saturated rings. The summed E-state index contributed by atoms with van der Waals surface area (Å²) >= 11 is 0. The van der Waals surface area contributed by atoms with Gasteiger partial charge in [-0.3, -0.25) is 4.98 Å². The van der Waals surface area contributed by atoms with E-state index in [1.165, 1.54) is 24.3 Å². The van der Waals surface area contributed by atoms with Gasteiger partial charge < -0.3 is 10.1 Å². The number of rotatable bonds is 4. The minimum Gasteiger partial charge on any atom is -0.406 e. The van der Waals surface area contributed by atoms with Gasteiger partial charge in [0.25, 0.3) is 0 Å². The first-order valence-electron chi connectivity index (χ1n) is 5.93. The third kappa shape index (κ3) is 4.46. The van der Waals surface area contributed by atoms with Crippen molar-refractivity contribution in [3.63, 3.8) is 0 Å². The second kappa shape index (κ2) is 5.81. The molecule has 0 aliphatic carbocycles. The Hall–Kier alpha value is -2.24. The number of ether oxygens (including phenoxy) is 1. The van der Waals surface area contributed by atoms with E-state index >= 15 is 0 Å². The molecule has 0 bridgehead atoms. The average Bonchev–Trinajstić information content (AvgIpc) is 2.38. The maximum absolute atomic E-state index is 12.0. The van der Waals surface area contributed by atoms with E-state index in [-0.39, 0.29) is 5.75 Å². The fourth-order valence-corrected chi connectivity index (χ4v) is 1.58. The Morgan fingerprint density at radius 2 is 1.80 bits per heavy atom. The number of benzene rings is 1. The summed E-state index contributed by atoms with van der Waals surface area (Å²) in [6, 6.07) is 9.44. The molecule has 0 unspecified atom stereocenters. The molecule has 0 spiro atoms. The topological polar surface area (TPSA) is 34.1 Å². The molecule has 0 radical (unpaired) electrons. The van der Waals surface area contributed by atoms with Crippen LogP contribution in [0, 0.1) is 6.92 Å². The maximum Gasteiger partial charge on any atom is 0.573 e. The number of halogens is 3. The lowest BCUT2D eigenvalue weighted by atomic mass is 10.2. The van der Waals surface area contributed by atoms with Crippen LogP contribution >= 0.6 is 0 Å². The number of hydrogen-bond acceptors (Lipinski definition) is 3. The van der Waals surface area contributed by atoms with Crippen LogP contribution in [0.5, 0.6) is 5.75 Å². The van der Waals surface area contributed by atoms with Crippen molar-refractivity contribution < 1.29 is 17.9 Å². The Labute approximate surface area is 114 Å². The lowest BCUT2D eigenvalue weighted by Crippen LogP contribution is -2.17. The summed E-state index contributed by atoms with van der Waals surface area (Å²) in [6.07, 6.45) is -2.91. The number of nitrogens with zero attached hydrogens (tertiary/aromatic N) is 1. The highest BCUT2D eigenvalue weighted by Gasteiger charge is 2.30. The van der Waals surface area contributed by atoms with E-state index in [1.807, 2.05) is 19.1 Å². The highest BCUT2D eigenvalue weighted by Crippen LogP contribution is 2.24. The smallest absolute Gasteiger partial charge is 0.406 e. The molecule has 0 saturated heterocycles. The van der Waals surface area contributed by atoms with E-state index in [4.69, 9.17) is 0 Å². The monoisotopic (exact) mass is 282 g/mol. The first kappa shape index (κ1) is 14.2. The zero-order chi connectivity index (χ0) is 14.6. The Bertz CT molecular complexity index is 550. The van der Waals surface area contributed by atoms with E-state index in [9.17, 15) is 13.2 Å². The van der Waals surface area contributed by atoms with Gasteiger partial charge in [0.05, 0.1) is 0 Å². The molecule has 1 heterocycles. The van der Waals surface area contributed by atoms with Crippen LogP contribution < -0.4 is 10.1 Å². The molecule has 0 amide bonds. The molecule has 1 N–H and O–H groups in total. The summed E-state index contributed by atoms with van der Waals surface area (Å²) in [5, 5.41) is 3.09. The van der Waals surface area contributed by atoms with Crippen LogP contribution in [0.2, 0.25) is 0 Å². The minimum atomic E-state index is -4.66. The zero-order valence-electron chi connectivity index (χ0n) is 10.7. The number of alkyl halides is 3. The fourth-order valence-electron chi connectivity index (χ4n) is 1.58. The summed E-state index contributed by atoms with van der Waals surface area (Å²) in [4.78, 5) is 4.16. The SMILES string of the molecule is Cc1ccc(CNc2ccc(OC(F)(F)F)cc2)cn1. The molecular weight excluding hydrogens is 269 g/mol. The van der Waals surface area contributed by atoms with Gasteiger partial charge in [-0.1, -0.05) is 6.07 Å². The highest BCUT2D eigenvalue weighted by molar-refractivity contribution is 5.46. The Balaban J connectivity index is 1.92. The van der Waals surface area contributed by atoms with E-state index in [0.29, 0.717) is 12.2 Å². The maximum atomic E-state index is 12.0. The van der Waals surface area contributed by atoms with Crippen molar-refractivity contribution >= 4 is 5.69 Å². The van der Waals surface area contributed by atoms with Crippen molar-refractivity contribution in [2.24, 2.45) is 0 Å². The number of nitrogens with one attached hydrogen (secondary N) is 1. The van der Waals surface area contributed by atoms with Gasteiger partial charge in [0, 0.05) is 24.1 Å². The van der Waals surface area contributed by atoms with E-state index in [1.54, 1.807) is 6.20 Å². The first-order valence-corrected chi connectivity index (χ1v) is 5.93. The van der Waals surface area contributed by atoms with Gasteiger partial charge in [-0.2, -0.15) is 0 Å². The predicted octanol–water partition coefficient (Wildman–Crippen LogP) is 3.90. The lowest BCUT2D eigenvalue weighted by Gasteiger charge is -2.10. The van der Waals surface area contributed by atoms with Crippen LogP contribution in [0.25, 0.3) is 0 Å². The molecule has 2 aromatic rings. The average molecular weight is 282 g/mol. The third-order valence-electron chi connectivity index (χ3n) is 2.56. The van der Waals surface area contributed by atoms with Gasteiger partial charge in [-0.25, -0.2) is 0 Å². The molecule has 1 aromatic heterocycles. The molecule has 0 aliphatic heterocycles. The van der Waals surface area contributed by atoms with E-state index in [2.05, 4.69) is 15.0 Å². The van der Waals surface area contributed by atoms with Crippen molar-refractivity contribution in [1.82, 2.24) is 4.98 Å². The summed E-state index contributed by atoms with van der Waals surface area (Å²) in [7, 11) is 0. The summed E-state index contributed by atoms with van der Waals surface area (Å²) in [5.41, 5.74) is 2.63. The molecule has 2 rings (SSSR count). The predicted molar refractivity (Wildman–Crippen MR) is 69.4 cm³/mol. The second-order valence-corrected chi connectivity index (χ2v) is 4.23. The van der Waals surface area contributed by atoms with E-state index < -0.39 is 6.36 Å². The van der Waals surface area contributed by atoms with Crippen molar-refractivity contribution in [2.45, 2.75) is 19.8 Å². The standard InChI is InChI=1S/C14H13F3N2O/c1-10-2-3-11(8-18-10)9-19-12-4-6-13(7-5-12)20-14(15,16)17/h2-8,19H,9H2,1H3. The summed E-state index contributed by atoms with van der Waals surface area (Å²) < 4.78 is 39.8. The lowest BCUT2D eigenvalue weighted by molar-refractivity contribution is -0.274. The highest BCUT2D eigenvalue weighted by atomic mass is 19.4. The van der Waals surface area contributed by atoms with E-state index in [0.717, 1.165) is 11.3 Å². The first-order chi connectivity index (χ1) is 9.42. The van der Waals surface area contributed by atoms with Crippen molar-refractivity contribution in [1.29, 1.82) is 0 Å². The van der Waals surface area contributed by atoms with Gasteiger partial charge >= 0.3 is 6.36 Å². The van der Waals surface area contributed by atoms with Crippen molar-refractivity contribution in [3.05, 3.63) is 53.9 Å².